The van der Waals surface area contributed by atoms with Crippen LogP contribution in [-0.4, -0.2) is 4.57 Å². The molecule has 22 heavy (non-hydrogen) atoms. The fraction of sp³-hybridized carbons (Fsp3) is 0.300. The van der Waals surface area contributed by atoms with Gasteiger partial charge in [-0.25, -0.2) is 0 Å². The average molecular weight is 356 g/mol. The zero-order valence-electron chi connectivity index (χ0n) is 13.1. The largest absolute Gasteiger partial charge is 0.347 e. The number of nitrogens with zero attached hydrogens (tertiary/aromatic N) is 1. The van der Waals surface area contributed by atoms with E-state index in [-0.39, 0.29) is 0 Å². The molecule has 1 heterocycles. The Kier molecular flexibility index (Phi) is 4.99. The Bertz CT molecular complexity index is 757. The highest BCUT2D eigenvalue weighted by Crippen LogP contribution is 2.24. The summed E-state index contributed by atoms with van der Waals surface area (Å²) in [7, 11) is 0. The van der Waals surface area contributed by atoms with Crippen molar-refractivity contribution in [2.24, 2.45) is 0 Å². The van der Waals surface area contributed by atoms with Crippen LogP contribution in [0, 0.1) is 0 Å². The normalized spacial score (nSPS) is 11.2. The highest BCUT2D eigenvalue weighted by atomic mass is 79.9. The SMILES string of the molecule is CCCc1cn(CCCc2ccccc2Br)c2ccccc12. The second-order valence-corrected chi connectivity index (χ2v) is 6.66. The van der Waals surface area contributed by atoms with E-state index in [9.17, 15) is 0 Å². The molecule has 0 spiro atoms. The number of hydrogen-bond donors (Lipinski definition) is 0. The van der Waals surface area contributed by atoms with E-state index in [1.807, 2.05) is 0 Å². The third-order valence-corrected chi connectivity index (χ3v) is 4.97. The zero-order valence-corrected chi connectivity index (χ0v) is 14.6. The first-order chi connectivity index (χ1) is 10.8. The number of aromatic nitrogens is 1. The molecule has 0 N–H and O–H groups in total. The van der Waals surface area contributed by atoms with Gasteiger partial charge in [0.05, 0.1) is 0 Å². The Labute approximate surface area is 141 Å². The van der Waals surface area contributed by atoms with Crippen LogP contribution in [0.5, 0.6) is 0 Å². The van der Waals surface area contributed by atoms with Crippen molar-refractivity contribution in [3.8, 4) is 0 Å². The van der Waals surface area contributed by atoms with Crippen LogP contribution in [0.2, 0.25) is 0 Å². The molecule has 0 aliphatic carbocycles. The molecule has 1 aromatic heterocycles. The standard InChI is InChI=1S/C20H22BrN/c1-2-8-17-15-22(20-13-6-4-11-18(17)20)14-7-10-16-9-3-5-12-19(16)21/h3-6,9,11-13,15H,2,7-8,10,14H2,1H3. The number of rotatable bonds is 6. The minimum absolute atomic E-state index is 1.07. The van der Waals surface area contributed by atoms with E-state index in [0.717, 1.165) is 25.8 Å². The van der Waals surface area contributed by atoms with Crippen molar-refractivity contribution in [3.63, 3.8) is 0 Å². The molecule has 3 rings (SSSR count). The maximum Gasteiger partial charge on any atom is 0.0483 e. The van der Waals surface area contributed by atoms with Crippen molar-refractivity contribution >= 4 is 26.8 Å². The summed E-state index contributed by atoms with van der Waals surface area (Å²) in [6.45, 7) is 3.32. The maximum atomic E-state index is 3.64. The molecule has 114 valence electrons. The van der Waals surface area contributed by atoms with Gasteiger partial charge in [0, 0.05) is 28.1 Å². The lowest BCUT2D eigenvalue weighted by molar-refractivity contribution is 0.658. The monoisotopic (exact) mass is 355 g/mol. The summed E-state index contributed by atoms with van der Waals surface area (Å²) in [5.74, 6) is 0. The minimum atomic E-state index is 1.07. The second-order valence-electron chi connectivity index (χ2n) is 5.81. The molecule has 0 fully saturated rings. The summed E-state index contributed by atoms with van der Waals surface area (Å²) >= 11 is 3.64. The quantitative estimate of drug-likeness (QED) is 0.511. The summed E-state index contributed by atoms with van der Waals surface area (Å²) in [6, 6.07) is 17.3. The minimum Gasteiger partial charge on any atom is -0.347 e. The van der Waals surface area contributed by atoms with E-state index in [1.165, 1.54) is 32.9 Å². The highest BCUT2D eigenvalue weighted by molar-refractivity contribution is 9.10. The Morgan fingerprint density at radius 1 is 0.909 bits per heavy atom. The van der Waals surface area contributed by atoms with E-state index in [0.29, 0.717) is 0 Å². The third kappa shape index (κ3) is 3.27. The van der Waals surface area contributed by atoms with Crippen molar-refractivity contribution in [3.05, 3.63) is 70.3 Å². The van der Waals surface area contributed by atoms with E-state index in [4.69, 9.17) is 0 Å². The Morgan fingerprint density at radius 2 is 1.68 bits per heavy atom. The molecule has 0 amide bonds. The van der Waals surface area contributed by atoms with Crippen LogP contribution in [0.1, 0.15) is 30.9 Å². The van der Waals surface area contributed by atoms with Crippen molar-refractivity contribution in [1.29, 1.82) is 0 Å². The van der Waals surface area contributed by atoms with Crippen LogP contribution in [0.4, 0.5) is 0 Å². The van der Waals surface area contributed by atoms with Gasteiger partial charge in [-0.1, -0.05) is 65.7 Å². The summed E-state index contributed by atoms with van der Waals surface area (Å²) in [5.41, 5.74) is 4.25. The number of aryl methyl sites for hydroxylation is 3. The number of para-hydroxylation sites is 1. The predicted octanol–water partition coefficient (Wildman–Crippen LogP) is 5.99. The Hall–Kier alpha value is -1.54. The molecule has 0 bridgehead atoms. The van der Waals surface area contributed by atoms with Gasteiger partial charge < -0.3 is 4.57 Å². The first-order valence-electron chi connectivity index (χ1n) is 8.09. The van der Waals surface area contributed by atoms with Crippen LogP contribution in [0.15, 0.2) is 59.2 Å². The predicted molar refractivity (Wildman–Crippen MR) is 98.4 cm³/mol. The molecule has 1 nitrogen and oxygen atoms in total. The highest BCUT2D eigenvalue weighted by Gasteiger charge is 2.07. The Morgan fingerprint density at radius 3 is 2.50 bits per heavy atom. The molecular formula is C20H22BrN. The van der Waals surface area contributed by atoms with Crippen LogP contribution in [0.25, 0.3) is 10.9 Å². The zero-order chi connectivity index (χ0) is 15.4. The van der Waals surface area contributed by atoms with Crippen molar-refractivity contribution in [1.82, 2.24) is 4.57 Å². The van der Waals surface area contributed by atoms with Crippen LogP contribution in [0.3, 0.4) is 0 Å². The smallest absolute Gasteiger partial charge is 0.0483 e. The van der Waals surface area contributed by atoms with E-state index < -0.39 is 0 Å². The maximum absolute atomic E-state index is 3.64. The van der Waals surface area contributed by atoms with Gasteiger partial charge in [-0.2, -0.15) is 0 Å². The van der Waals surface area contributed by atoms with Gasteiger partial charge in [-0.3, -0.25) is 0 Å². The summed E-state index contributed by atoms with van der Waals surface area (Å²) in [6.07, 6.45) is 6.99. The molecule has 2 aromatic carbocycles. The average Bonchev–Trinajstić information content (AvgIpc) is 2.88. The molecule has 3 aromatic rings. The van der Waals surface area contributed by atoms with Crippen LogP contribution in [-0.2, 0) is 19.4 Å². The summed E-state index contributed by atoms with van der Waals surface area (Å²) < 4.78 is 3.65. The van der Waals surface area contributed by atoms with Gasteiger partial charge >= 0.3 is 0 Å². The fourth-order valence-corrected chi connectivity index (χ4v) is 3.60. The second kappa shape index (κ2) is 7.15. The molecular weight excluding hydrogens is 334 g/mol. The molecule has 0 aliphatic heterocycles. The summed E-state index contributed by atoms with van der Waals surface area (Å²) in [5, 5.41) is 1.42. The third-order valence-electron chi connectivity index (χ3n) is 4.19. The first kappa shape index (κ1) is 15.4. The molecule has 0 aliphatic rings. The van der Waals surface area contributed by atoms with Gasteiger partial charge in [-0.15, -0.1) is 0 Å². The van der Waals surface area contributed by atoms with Gasteiger partial charge in [0.1, 0.15) is 0 Å². The van der Waals surface area contributed by atoms with Crippen LogP contribution >= 0.6 is 15.9 Å². The van der Waals surface area contributed by atoms with Gasteiger partial charge in [0.15, 0.2) is 0 Å². The van der Waals surface area contributed by atoms with E-state index in [1.54, 1.807) is 0 Å². The molecule has 0 saturated carbocycles. The van der Waals surface area contributed by atoms with Gasteiger partial charge in [-0.05, 0) is 42.5 Å². The lowest BCUT2D eigenvalue weighted by atomic mass is 10.1. The number of halogens is 1. The molecule has 0 saturated heterocycles. The molecule has 2 heteroatoms. The molecule has 0 unspecified atom stereocenters. The first-order valence-corrected chi connectivity index (χ1v) is 8.89. The molecule has 0 atom stereocenters. The van der Waals surface area contributed by atoms with Gasteiger partial charge in [0.2, 0.25) is 0 Å². The van der Waals surface area contributed by atoms with Crippen LogP contribution < -0.4 is 0 Å². The van der Waals surface area contributed by atoms with E-state index >= 15 is 0 Å². The number of fused-ring (bicyclic) bond motifs is 1. The number of benzene rings is 2. The fourth-order valence-electron chi connectivity index (χ4n) is 3.12. The van der Waals surface area contributed by atoms with Crippen molar-refractivity contribution in [2.75, 3.05) is 0 Å². The lowest BCUT2D eigenvalue weighted by Crippen LogP contribution is -1.98. The van der Waals surface area contributed by atoms with E-state index in [2.05, 4.69) is 82.1 Å². The summed E-state index contributed by atoms with van der Waals surface area (Å²) in [4.78, 5) is 0. The van der Waals surface area contributed by atoms with Crippen molar-refractivity contribution < 1.29 is 0 Å². The van der Waals surface area contributed by atoms with Crippen molar-refractivity contribution in [2.45, 2.75) is 39.2 Å². The number of hydrogen-bond acceptors (Lipinski definition) is 0. The molecule has 0 radical (unpaired) electrons. The topological polar surface area (TPSA) is 4.93 Å². The lowest BCUT2D eigenvalue weighted by Gasteiger charge is -2.07. The Balaban J connectivity index is 1.75. The van der Waals surface area contributed by atoms with Gasteiger partial charge in [0.25, 0.3) is 0 Å².